The summed E-state index contributed by atoms with van der Waals surface area (Å²) in [6.45, 7) is 7.10. The molecule has 0 bridgehead atoms. The number of rotatable bonds is 4. The number of piperidine rings is 2. The van der Waals surface area contributed by atoms with E-state index in [1.165, 1.54) is 0 Å². The first-order valence-corrected chi connectivity index (χ1v) is 10.6. The zero-order chi connectivity index (χ0) is 19.6. The number of hydrogen-bond donors (Lipinski definition) is 0. The third-order valence-corrected chi connectivity index (χ3v) is 6.72. The average molecular weight is 411 g/mol. The second kappa shape index (κ2) is 8.40. The van der Waals surface area contributed by atoms with Crippen LogP contribution in [0.3, 0.4) is 0 Å². The Hall–Kier alpha value is -1.26. The molecule has 2 aliphatic rings. The number of likely N-dealkylation sites (tertiary alicyclic amines) is 2. The molecule has 0 atom stereocenters. The van der Waals surface area contributed by atoms with Crippen LogP contribution in [-0.2, 0) is 15.0 Å². The fourth-order valence-corrected chi connectivity index (χ4v) is 4.39. The lowest BCUT2D eigenvalue weighted by Gasteiger charge is -2.39. The van der Waals surface area contributed by atoms with Gasteiger partial charge in [-0.3, -0.25) is 9.59 Å². The van der Waals surface area contributed by atoms with Crippen molar-refractivity contribution in [1.29, 1.82) is 0 Å². The van der Waals surface area contributed by atoms with Crippen LogP contribution in [0.2, 0.25) is 10.0 Å². The Balaban J connectivity index is 1.58. The largest absolute Gasteiger partial charge is 0.342 e. The lowest BCUT2D eigenvalue weighted by atomic mass is 9.82. The second-order valence-electron chi connectivity index (χ2n) is 8.29. The minimum absolute atomic E-state index is 0.119. The number of benzene rings is 1. The van der Waals surface area contributed by atoms with Crippen molar-refractivity contribution in [3.63, 3.8) is 0 Å². The van der Waals surface area contributed by atoms with Gasteiger partial charge in [-0.1, -0.05) is 29.3 Å². The summed E-state index contributed by atoms with van der Waals surface area (Å²) in [5.74, 6) is 0.901. The Morgan fingerprint density at radius 2 is 1.81 bits per heavy atom. The molecule has 2 saturated heterocycles. The molecule has 4 nitrogen and oxygen atoms in total. The molecule has 148 valence electrons. The maximum atomic E-state index is 13.2. The number of halogens is 2. The van der Waals surface area contributed by atoms with Crippen LogP contribution >= 0.6 is 23.2 Å². The molecule has 2 heterocycles. The predicted molar refractivity (Wildman–Crippen MR) is 109 cm³/mol. The first-order chi connectivity index (χ1) is 12.8. The second-order valence-corrected chi connectivity index (χ2v) is 9.10. The Morgan fingerprint density at radius 3 is 2.44 bits per heavy atom. The highest BCUT2D eigenvalue weighted by Gasteiger charge is 2.36. The zero-order valence-corrected chi connectivity index (χ0v) is 17.7. The molecule has 2 amide bonds. The maximum absolute atomic E-state index is 13.2. The molecule has 3 rings (SSSR count). The normalized spacial score (nSPS) is 19.5. The number of amides is 2. The number of carbonyl (C=O) groups excluding carboxylic acids is 2. The molecule has 2 fully saturated rings. The highest BCUT2D eigenvalue weighted by Crippen LogP contribution is 2.32. The molecular weight excluding hydrogens is 383 g/mol. The topological polar surface area (TPSA) is 40.6 Å². The van der Waals surface area contributed by atoms with Gasteiger partial charge in [-0.15, -0.1) is 0 Å². The van der Waals surface area contributed by atoms with E-state index < -0.39 is 5.41 Å². The van der Waals surface area contributed by atoms with E-state index in [-0.39, 0.29) is 5.91 Å². The molecule has 0 aliphatic carbocycles. The van der Waals surface area contributed by atoms with Crippen LogP contribution in [0.1, 0.15) is 51.5 Å². The van der Waals surface area contributed by atoms with Gasteiger partial charge in [0.05, 0.1) is 15.5 Å². The monoisotopic (exact) mass is 410 g/mol. The summed E-state index contributed by atoms with van der Waals surface area (Å²) in [6.07, 6.45) is 4.72. The fourth-order valence-electron chi connectivity index (χ4n) is 4.09. The Kier molecular flexibility index (Phi) is 6.37. The highest BCUT2D eigenvalue weighted by molar-refractivity contribution is 6.42. The molecule has 2 aliphatic heterocycles. The quantitative estimate of drug-likeness (QED) is 0.731. The number of hydrogen-bond acceptors (Lipinski definition) is 2. The maximum Gasteiger partial charge on any atom is 0.232 e. The SMILES string of the molecule is CC(C)(C(=O)N1CCC(CN2CCCCC2=O)CC1)c1ccc(Cl)c(Cl)c1. The number of nitrogens with zero attached hydrogens (tertiary/aromatic N) is 2. The van der Waals surface area contributed by atoms with Gasteiger partial charge in [-0.25, -0.2) is 0 Å². The number of carbonyl (C=O) groups is 2. The van der Waals surface area contributed by atoms with Crippen LogP contribution in [0.25, 0.3) is 0 Å². The molecule has 1 aromatic rings. The van der Waals surface area contributed by atoms with Crippen molar-refractivity contribution < 1.29 is 9.59 Å². The Bertz CT molecular complexity index is 712. The summed E-state index contributed by atoms with van der Waals surface area (Å²) in [6, 6.07) is 5.41. The van der Waals surface area contributed by atoms with Gasteiger partial charge in [-0.05, 0) is 63.1 Å². The van der Waals surface area contributed by atoms with Crippen LogP contribution in [0.15, 0.2) is 18.2 Å². The van der Waals surface area contributed by atoms with Gasteiger partial charge in [0.1, 0.15) is 0 Å². The van der Waals surface area contributed by atoms with Gasteiger partial charge in [0.2, 0.25) is 11.8 Å². The minimum Gasteiger partial charge on any atom is -0.342 e. The van der Waals surface area contributed by atoms with E-state index >= 15 is 0 Å². The van der Waals surface area contributed by atoms with E-state index in [4.69, 9.17) is 23.2 Å². The first kappa shape index (κ1) is 20.5. The standard InChI is InChI=1S/C21H28Cl2N2O2/c1-21(2,16-6-7-17(22)18(23)13-16)20(27)24-11-8-15(9-12-24)14-25-10-4-3-5-19(25)26/h6-7,13,15H,3-5,8-12,14H2,1-2H3. The molecule has 0 N–H and O–H groups in total. The van der Waals surface area contributed by atoms with Crippen LogP contribution in [0, 0.1) is 5.92 Å². The van der Waals surface area contributed by atoms with Crippen LogP contribution < -0.4 is 0 Å². The van der Waals surface area contributed by atoms with Crippen molar-refractivity contribution in [3.8, 4) is 0 Å². The third kappa shape index (κ3) is 4.60. The molecule has 0 unspecified atom stereocenters. The summed E-state index contributed by atoms with van der Waals surface area (Å²) in [5, 5.41) is 0.969. The Morgan fingerprint density at radius 1 is 1.11 bits per heavy atom. The summed E-state index contributed by atoms with van der Waals surface area (Å²) in [7, 11) is 0. The van der Waals surface area contributed by atoms with Gasteiger partial charge in [0, 0.05) is 32.6 Å². The molecule has 27 heavy (non-hydrogen) atoms. The molecule has 0 radical (unpaired) electrons. The smallest absolute Gasteiger partial charge is 0.232 e. The van der Waals surface area contributed by atoms with Crippen LogP contribution in [-0.4, -0.2) is 47.8 Å². The molecule has 1 aromatic carbocycles. The van der Waals surface area contributed by atoms with E-state index in [9.17, 15) is 9.59 Å². The first-order valence-electron chi connectivity index (χ1n) is 9.81. The van der Waals surface area contributed by atoms with Crippen molar-refractivity contribution in [3.05, 3.63) is 33.8 Å². The zero-order valence-electron chi connectivity index (χ0n) is 16.1. The Labute approximate surface area is 171 Å². The van der Waals surface area contributed by atoms with E-state index in [0.29, 0.717) is 28.3 Å². The van der Waals surface area contributed by atoms with Crippen LogP contribution in [0.5, 0.6) is 0 Å². The van der Waals surface area contributed by atoms with Crippen molar-refractivity contribution in [2.75, 3.05) is 26.2 Å². The van der Waals surface area contributed by atoms with Gasteiger partial charge < -0.3 is 9.80 Å². The van der Waals surface area contributed by atoms with E-state index in [2.05, 4.69) is 0 Å². The summed E-state index contributed by atoms with van der Waals surface area (Å²) in [4.78, 5) is 29.1. The van der Waals surface area contributed by atoms with Gasteiger partial charge in [-0.2, -0.15) is 0 Å². The molecule has 0 spiro atoms. The van der Waals surface area contributed by atoms with Crippen LogP contribution in [0.4, 0.5) is 0 Å². The van der Waals surface area contributed by atoms with E-state index in [0.717, 1.165) is 57.4 Å². The van der Waals surface area contributed by atoms with Gasteiger partial charge in [0.15, 0.2) is 0 Å². The van der Waals surface area contributed by atoms with Gasteiger partial charge in [0.25, 0.3) is 0 Å². The lowest BCUT2D eigenvalue weighted by molar-refractivity contribution is -0.139. The minimum atomic E-state index is -0.649. The highest BCUT2D eigenvalue weighted by atomic mass is 35.5. The molecular formula is C21H28Cl2N2O2. The molecule has 0 saturated carbocycles. The predicted octanol–water partition coefficient (Wildman–Crippen LogP) is 4.52. The lowest BCUT2D eigenvalue weighted by Crippen LogP contribution is -2.48. The van der Waals surface area contributed by atoms with E-state index in [1.807, 2.05) is 29.7 Å². The van der Waals surface area contributed by atoms with Crippen molar-refractivity contribution >= 4 is 35.0 Å². The van der Waals surface area contributed by atoms with E-state index in [1.54, 1.807) is 12.1 Å². The van der Waals surface area contributed by atoms with Crippen molar-refractivity contribution in [1.82, 2.24) is 9.80 Å². The van der Waals surface area contributed by atoms with Crippen molar-refractivity contribution in [2.24, 2.45) is 5.92 Å². The molecule has 6 heteroatoms. The summed E-state index contributed by atoms with van der Waals surface area (Å²) >= 11 is 12.2. The van der Waals surface area contributed by atoms with Gasteiger partial charge >= 0.3 is 0 Å². The van der Waals surface area contributed by atoms with Crippen molar-refractivity contribution in [2.45, 2.75) is 51.4 Å². The summed E-state index contributed by atoms with van der Waals surface area (Å²) < 4.78 is 0. The average Bonchev–Trinajstić information content (AvgIpc) is 2.65. The third-order valence-electron chi connectivity index (χ3n) is 5.98. The molecule has 0 aromatic heterocycles. The summed E-state index contributed by atoms with van der Waals surface area (Å²) in [5.41, 5.74) is 0.229. The fraction of sp³-hybridized carbons (Fsp3) is 0.619.